The van der Waals surface area contributed by atoms with Crippen LogP contribution in [0.3, 0.4) is 0 Å². The molecule has 0 aliphatic rings. The fourth-order valence-electron chi connectivity index (χ4n) is 1.07. The second kappa shape index (κ2) is 4.76. The van der Waals surface area contributed by atoms with E-state index in [0.717, 1.165) is 11.0 Å². The molecule has 0 unspecified atom stereocenters. The molecule has 0 saturated carbocycles. The molecule has 0 aliphatic carbocycles. The average Bonchev–Trinajstić information content (AvgIpc) is 2.17. The van der Waals surface area contributed by atoms with Gasteiger partial charge in [-0.15, -0.1) is 0 Å². The van der Waals surface area contributed by atoms with Crippen LogP contribution in [0.2, 0.25) is 5.02 Å². The van der Waals surface area contributed by atoms with Gasteiger partial charge in [-0.05, 0) is 12.1 Å². The van der Waals surface area contributed by atoms with E-state index in [9.17, 15) is 9.18 Å². The topological polar surface area (TPSA) is 44.1 Å². The van der Waals surface area contributed by atoms with Crippen molar-refractivity contribution in [3.8, 4) is 6.07 Å². The van der Waals surface area contributed by atoms with E-state index in [1.165, 1.54) is 19.2 Å². The molecule has 78 valence electrons. The minimum atomic E-state index is -0.683. The minimum Gasteiger partial charge on any atom is -0.328 e. The van der Waals surface area contributed by atoms with Crippen molar-refractivity contribution in [2.45, 2.75) is 0 Å². The van der Waals surface area contributed by atoms with Gasteiger partial charge in [0.25, 0.3) is 5.91 Å². The Morgan fingerprint density at radius 2 is 2.33 bits per heavy atom. The van der Waals surface area contributed by atoms with Gasteiger partial charge in [-0.1, -0.05) is 17.7 Å². The van der Waals surface area contributed by atoms with Crippen molar-refractivity contribution in [3.63, 3.8) is 0 Å². The standard InChI is InChI=1S/C10H8ClFN2O/c1-14(6-5-13)10(15)9-7(11)3-2-4-8(9)12/h2-4H,6H2,1H3. The number of halogens is 2. The molecule has 1 aromatic rings. The van der Waals surface area contributed by atoms with E-state index < -0.39 is 11.7 Å². The third kappa shape index (κ3) is 2.45. The van der Waals surface area contributed by atoms with Crippen molar-refractivity contribution in [2.24, 2.45) is 0 Å². The van der Waals surface area contributed by atoms with Crippen LogP contribution in [0.4, 0.5) is 4.39 Å². The summed E-state index contributed by atoms with van der Waals surface area (Å²) < 4.78 is 13.3. The molecule has 3 nitrogen and oxygen atoms in total. The highest BCUT2D eigenvalue weighted by molar-refractivity contribution is 6.33. The Labute approximate surface area is 91.7 Å². The zero-order valence-electron chi connectivity index (χ0n) is 8.00. The highest BCUT2D eigenvalue weighted by Crippen LogP contribution is 2.20. The summed E-state index contributed by atoms with van der Waals surface area (Å²) in [5.41, 5.74) is -0.197. The summed E-state index contributed by atoms with van der Waals surface area (Å²) in [6.07, 6.45) is 0. The molecule has 5 heteroatoms. The highest BCUT2D eigenvalue weighted by atomic mass is 35.5. The molecule has 0 fully saturated rings. The van der Waals surface area contributed by atoms with Gasteiger partial charge >= 0.3 is 0 Å². The first kappa shape index (κ1) is 11.5. The number of benzene rings is 1. The Morgan fingerprint density at radius 1 is 1.67 bits per heavy atom. The van der Waals surface area contributed by atoms with Crippen molar-refractivity contribution in [1.29, 1.82) is 5.26 Å². The first-order valence-corrected chi connectivity index (χ1v) is 4.52. The predicted octanol–water partition coefficient (Wildman–Crippen LogP) is 2.07. The molecular formula is C10H8ClFN2O. The Balaban J connectivity index is 3.07. The van der Waals surface area contributed by atoms with Crippen LogP contribution in [0.15, 0.2) is 18.2 Å². The number of carbonyl (C=O) groups is 1. The summed E-state index contributed by atoms with van der Waals surface area (Å²) in [6.45, 7) is -0.108. The summed E-state index contributed by atoms with van der Waals surface area (Å²) in [7, 11) is 1.41. The van der Waals surface area contributed by atoms with Gasteiger partial charge in [-0.2, -0.15) is 5.26 Å². The molecule has 0 bridgehead atoms. The minimum absolute atomic E-state index is 0.0461. The number of amides is 1. The number of hydrogen-bond acceptors (Lipinski definition) is 2. The van der Waals surface area contributed by atoms with E-state index in [1.54, 1.807) is 6.07 Å². The van der Waals surface area contributed by atoms with Crippen LogP contribution in [-0.4, -0.2) is 24.4 Å². The van der Waals surface area contributed by atoms with Crippen LogP contribution in [0.1, 0.15) is 10.4 Å². The number of hydrogen-bond donors (Lipinski definition) is 0. The van der Waals surface area contributed by atoms with Gasteiger partial charge < -0.3 is 4.90 Å². The quantitative estimate of drug-likeness (QED) is 0.725. The number of rotatable bonds is 2. The number of nitrogens with zero attached hydrogens (tertiary/aromatic N) is 2. The second-order valence-corrected chi connectivity index (χ2v) is 3.32. The maximum absolute atomic E-state index is 13.3. The van der Waals surface area contributed by atoms with Gasteiger partial charge in [-0.3, -0.25) is 4.79 Å². The lowest BCUT2D eigenvalue weighted by molar-refractivity contribution is 0.0807. The van der Waals surface area contributed by atoms with Crippen molar-refractivity contribution >= 4 is 17.5 Å². The smallest absolute Gasteiger partial charge is 0.258 e. The lowest BCUT2D eigenvalue weighted by atomic mass is 10.2. The van der Waals surface area contributed by atoms with Crippen LogP contribution < -0.4 is 0 Å². The van der Waals surface area contributed by atoms with Crippen molar-refractivity contribution < 1.29 is 9.18 Å². The molecule has 1 aromatic carbocycles. The summed E-state index contributed by atoms with van der Waals surface area (Å²) in [4.78, 5) is 12.7. The van der Waals surface area contributed by atoms with E-state index in [4.69, 9.17) is 16.9 Å². The molecule has 0 aromatic heterocycles. The third-order valence-electron chi connectivity index (χ3n) is 1.83. The van der Waals surface area contributed by atoms with Crippen LogP contribution >= 0.6 is 11.6 Å². The molecule has 0 heterocycles. The molecule has 0 N–H and O–H groups in total. The van der Waals surface area contributed by atoms with Gasteiger partial charge in [0.2, 0.25) is 0 Å². The average molecular weight is 227 g/mol. The summed E-state index contributed by atoms with van der Waals surface area (Å²) >= 11 is 5.70. The summed E-state index contributed by atoms with van der Waals surface area (Å²) in [6, 6.07) is 5.79. The van der Waals surface area contributed by atoms with Crippen LogP contribution in [0.25, 0.3) is 0 Å². The molecule has 0 aliphatic heterocycles. The predicted molar refractivity (Wildman–Crippen MR) is 54.0 cm³/mol. The van der Waals surface area contributed by atoms with Crippen molar-refractivity contribution in [1.82, 2.24) is 4.90 Å². The third-order valence-corrected chi connectivity index (χ3v) is 2.15. The first-order valence-electron chi connectivity index (χ1n) is 4.14. The highest BCUT2D eigenvalue weighted by Gasteiger charge is 2.18. The molecule has 1 rings (SSSR count). The molecule has 0 saturated heterocycles. The maximum Gasteiger partial charge on any atom is 0.258 e. The van der Waals surface area contributed by atoms with Crippen LogP contribution in [-0.2, 0) is 0 Å². The number of nitriles is 1. The van der Waals surface area contributed by atoms with Crippen LogP contribution in [0, 0.1) is 17.1 Å². The SMILES string of the molecule is CN(CC#N)C(=O)c1c(F)cccc1Cl. The molecule has 15 heavy (non-hydrogen) atoms. The molecule has 1 amide bonds. The van der Waals surface area contributed by atoms with Gasteiger partial charge in [0.1, 0.15) is 12.4 Å². The van der Waals surface area contributed by atoms with Crippen molar-refractivity contribution in [2.75, 3.05) is 13.6 Å². The Hall–Kier alpha value is -1.60. The lowest BCUT2D eigenvalue weighted by Gasteiger charge is -2.14. The largest absolute Gasteiger partial charge is 0.328 e. The summed E-state index contributed by atoms with van der Waals surface area (Å²) in [5, 5.41) is 8.45. The normalized spacial score (nSPS) is 9.47. The van der Waals surface area contributed by atoms with Gasteiger partial charge in [0.15, 0.2) is 0 Å². The lowest BCUT2D eigenvalue weighted by Crippen LogP contribution is -2.28. The Morgan fingerprint density at radius 3 is 2.87 bits per heavy atom. The van der Waals surface area contributed by atoms with E-state index in [0.29, 0.717) is 0 Å². The fourth-order valence-corrected chi connectivity index (χ4v) is 1.31. The molecular weight excluding hydrogens is 219 g/mol. The van der Waals surface area contributed by atoms with E-state index in [1.807, 2.05) is 0 Å². The second-order valence-electron chi connectivity index (χ2n) is 2.92. The number of carbonyl (C=O) groups excluding carboxylic acids is 1. The zero-order valence-corrected chi connectivity index (χ0v) is 8.75. The maximum atomic E-state index is 13.3. The first-order chi connectivity index (χ1) is 7.07. The van der Waals surface area contributed by atoms with E-state index in [-0.39, 0.29) is 17.1 Å². The Kier molecular flexibility index (Phi) is 3.64. The van der Waals surface area contributed by atoms with Crippen molar-refractivity contribution in [3.05, 3.63) is 34.6 Å². The van der Waals surface area contributed by atoms with Gasteiger partial charge in [-0.25, -0.2) is 4.39 Å². The van der Waals surface area contributed by atoms with E-state index >= 15 is 0 Å². The molecule has 0 atom stereocenters. The summed E-state index contributed by atoms with van der Waals surface area (Å²) in [5.74, 6) is -1.28. The van der Waals surface area contributed by atoms with E-state index in [2.05, 4.69) is 0 Å². The fraction of sp³-hybridized carbons (Fsp3) is 0.200. The van der Waals surface area contributed by atoms with Gasteiger partial charge in [0.05, 0.1) is 16.7 Å². The molecule has 0 radical (unpaired) electrons. The van der Waals surface area contributed by atoms with Gasteiger partial charge in [0, 0.05) is 7.05 Å². The zero-order chi connectivity index (χ0) is 11.4. The Bertz CT molecular complexity index is 408. The monoisotopic (exact) mass is 226 g/mol. The molecule has 0 spiro atoms. The van der Waals surface area contributed by atoms with Crippen LogP contribution in [0.5, 0.6) is 0 Å².